The summed E-state index contributed by atoms with van der Waals surface area (Å²) in [5.41, 5.74) is 0.960. The van der Waals surface area contributed by atoms with Gasteiger partial charge in [0.05, 0.1) is 4.34 Å². The fourth-order valence-corrected chi connectivity index (χ4v) is 5.27. The molecule has 1 unspecified atom stereocenters. The molecule has 0 amide bonds. The van der Waals surface area contributed by atoms with Gasteiger partial charge in [-0.25, -0.2) is 17.5 Å². The summed E-state index contributed by atoms with van der Waals surface area (Å²) >= 11 is 6.83. The van der Waals surface area contributed by atoms with E-state index < -0.39 is 10.0 Å². The van der Waals surface area contributed by atoms with E-state index in [9.17, 15) is 12.8 Å². The third-order valence-electron chi connectivity index (χ3n) is 3.85. The van der Waals surface area contributed by atoms with Crippen LogP contribution in [0.15, 0.2) is 40.6 Å². The quantitative estimate of drug-likeness (QED) is 0.873. The number of thiophene rings is 1. The summed E-state index contributed by atoms with van der Waals surface area (Å²) in [7, 11) is -3.50. The lowest BCUT2D eigenvalue weighted by atomic mass is 10.1. The van der Waals surface area contributed by atoms with Gasteiger partial charge in [0.15, 0.2) is 0 Å². The third kappa shape index (κ3) is 4.03. The molecule has 0 bridgehead atoms. The van der Waals surface area contributed by atoms with Gasteiger partial charge < -0.3 is 4.90 Å². The molecule has 23 heavy (non-hydrogen) atoms. The van der Waals surface area contributed by atoms with Crippen molar-refractivity contribution in [2.24, 2.45) is 5.92 Å². The van der Waals surface area contributed by atoms with Crippen molar-refractivity contribution in [1.82, 2.24) is 4.72 Å². The molecule has 1 aliphatic heterocycles. The minimum Gasteiger partial charge on any atom is -0.371 e. The molecule has 1 saturated heterocycles. The number of sulfonamides is 1. The smallest absolute Gasteiger partial charge is 0.250 e. The van der Waals surface area contributed by atoms with Crippen LogP contribution in [0.4, 0.5) is 10.1 Å². The van der Waals surface area contributed by atoms with Gasteiger partial charge >= 0.3 is 0 Å². The summed E-state index contributed by atoms with van der Waals surface area (Å²) in [4.78, 5) is 2.14. The number of halogens is 2. The molecule has 1 atom stereocenters. The Morgan fingerprint density at radius 2 is 2.00 bits per heavy atom. The molecule has 124 valence electrons. The van der Waals surface area contributed by atoms with E-state index in [1.54, 1.807) is 18.2 Å². The number of hydrogen-bond donors (Lipinski definition) is 1. The van der Waals surface area contributed by atoms with Crippen molar-refractivity contribution >= 4 is 38.6 Å². The molecule has 0 spiro atoms. The maximum Gasteiger partial charge on any atom is 0.250 e. The second kappa shape index (κ2) is 6.76. The Bertz CT molecular complexity index is 777. The Labute approximate surface area is 143 Å². The first-order valence-corrected chi connectivity index (χ1v) is 9.87. The van der Waals surface area contributed by atoms with E-state index in [0.29, 0.717) is 10.9 Å². The number of anilines is 1. The zero-order valence-corrected chi connectivity index (χ0v) is 14.6. The first kappa shape index (κ1) is 16.7. The molecule has 1 aromatic heterocycles. The summed E-state index contributed by atoms with van der Waals surface area (Å²) < 4.78 is 40.6. The zero-order valence-electron chi connectivity index (χ0n) is 12.2. The predicted octanol–water partition coefficient (Wildman–Crippen LogP) is 3.35. The summed E-state index contributed by atoms with van der Waals surface area (Å²) in [6.07, 6.45) is 0.894. The highest BCUT2D eigenvalue weighted by Crippen LogP contribution is 2.27. The van der Waals surface area contributed by atoms with Crippen molar-refractivity contribution in [3.63, 3.8) is 0 Å². The van der Waals surface area contributed by atoms with Gasteiger partial charge in [-0.1, -0.05) is 11.6 Å². The second-order valence-corrected chi connectivity index (χ2v) is 9.20. The van der Waals surface area contributed by atoms with Crippen LogP contribution in [0.25, 0.3) is 0 Å². The SMILES string of the molecule is O=S(=O)(NCC1CCN(c2ccc(F)cc2)C1)c1ccc(Cl)s1. The van der Waals surface area contributed by atoms with Gasteiger partial charge in [0.1, 0.15) is 10.0 Å². The van der Waals surface area contributed by atoms with E-state index in [-0.39, 0.29) is 15.9 Å². The van der Waals surface area contributed by atoms with Crippen LogP contribution in [0.1, 0.15) is 6.42 Å². The monoisotopic (exact) mass is 374 g/mol. The molecule has 1 N–H and O–H groups in total. The number of rotatable bonds is 5. The lowest BCUT2D eigenvalue weighted by molar-refractivity contribution is 0.543. The summed E-state index contributed by atoms with van der Waals surface area (Å²) in [6, 6.07) is 9.45. The van der Waals surface area contributed by atoms with Crippen LogP contribution >= 0.6 is 22.9 Å². The largest absolute Gasteiger partial charge is 0.371 e. The van der Waals surface area contributed by atoms with Crippen LogP contribution in [0.2, 0.25) is 4.34 Å². The van der Waals surface area contributed by atoms with Crippen molar-refractivity contribution in [1.29, 1.82) is 0 Å². The van der Waals surface area contributed by atoms with Gasteiger partial charge in [-0.2, -0.15) is 0 Å². The Morgan fingerprint density at radius 1 is 1.26 bits per heavy atom. The minimum absolute atomic E-state index is 0.227. The van der Waals surface area contributed by atoms with Crippen LogP contribution in [0.5, 0.6) is 0 Å². The fraction of sp³-hybridized carbons (Fsp3) is 0.333. The molecule has 2 heterocycles. The molecular weight excluding hydrogens is 359 g/mol. The van der Waals surface area contributed by atoms with Gasteiger partial charge in [-0.05, 0) is 48.7 Å². The molecule has 2 aromatic rings. The topological polar surface area (TPSA) is 49.4 Å². The summed E-state index contributed by atoms with van der Waals surface area (Å²) in [5, 5.41) is 0. The minimum atomic E-state index is -3.50. The van der Waals surface area contributed by atoms with E-state index >= 15 is 0 Å². The first-order valence-electron chi connectivity index (χ1n) is 7.19. The van der Waals surface area contributed by atoms with Crippen molar-refractivity contribution in [2.75, 3.05) is 24.5 Å². The molecular formula is C15H16ClFN2O2S2. The Hall–Kier alpha value is -1.15. The number of hydrogen-bond acceptors (Lipinski definition) is 4. The number of nitrogens with one attached hydrogen (secondary N) is 1. The van der Waals surface area contributed by atoms with E-state index in [1.165, 1.54) is 18.2 Å². The standard InChI is InChI=1S/C15H16ClFN2O2S2/c16-14-5-6-15(22-14)23(20,21)18-9-11-7-8-19(10-11)13-3-1-12(17)2-4-13/h1-6,11,18H,7-10H2. The van der Waals surface area contributed by atoms with Crippen molar-refractivity contribution in [3.8, 4) is 0 Å². The highest BCUT2D eigenvalue weighted by molar-refractivity contribution is 7.91. The Balaban J connectivity index is 1.57. The van der Waals surface area contributed by atoms with Crippen molar-refractivity contribution in [2.45, 2.75) is 10.6 Å². The average molecular weight is 375 g/mol. The van der Waals surface area contributed by atoms with Crippen LogP contribution in [0.3, 0.4) is 0 Å². The number of nitrogens with zero attached hydrogens (tertiary/aromatic N) is 1. The Kier molecular flexibility index (Phi) is 4.91. The van der Waals surface area contributed by atoms with Gasteiger partial charge in [-0.3, -0.25) is 0 Å². The van der Waals surface area contributed by atoms with Crippen molar-refractivity contribution in [3.05, 3.63) is 46.6 Å². The van der Waals surface area contributed by atoms with E-state index in [2.05, 4.69) is 9.62 Å². The van der Waals surface area contributed by atoms with Gasteiger partial charge in [0.2, 0.25) is 10.0 Å². The molecule has 8 heteroatoms. The first-order chi connectivity index (χ1) is 10.9. The lowest BCUT2D eigenvalue weighted by Crippen LogP contribution is -2.30. The van der Waals surface area contributed by atoms with Crippen LogP contribution in [0, 0.1) is 11.7 Å². The molecule has 0 radical (unpaired) electrons. The van der Waals surface area contributed by atoms with Crippen LogP contribution in [-0.2, 0) is 10.0 Å². The fourth-order valence-electron chi connectivity index (χ4n) is 2.63. The maximum absolute atomic E-state index is 13.0. The predicted molar refractivity (Wildman–Crippen MR) is 91.2 cm³/mol. The Morgan fingerprint density at radius 3 is 2.65 bits per heavy atom. The molecule has 1 aromatic carbocycles. The van der Waals surface area contributed by atoms with Crippen LogP contribution in [-0.4, -0.2) is 28.1 Å². The highest BCUT2D eigenvalue weighted by atomic mass is 35.5. The normalized spacial score (nSPS) is 18.5. The van der Waals surface area contributed by atoms with E-state index in [4.69, 9.17) is 11.6 Å². The molecule has 0 aliphatic carbocycles. The third-order valence-corrected chi connectivity index (χ3v) is 7.00. The van der Waals surface area contributed by atoms with E-state index in [1.807, 2.05) is 0 Å². The summed E-state index contributed by atoms with van der Waals surface area (Å²) in [5.74, 6) is -0.0304. The van der Waals surface area contributed by atoms with Crippen LogP contribution < -0.4 is 9.62 Å². The van der Waals surface area contributed by atoms with Crippen molar-refractivity contribution < 1.29 is 12.8 Å². The van der Waals surface area contributed by atoms with Gasteiger partial charge in [0.25, 0.3) is 0 Å². The van der Waals surface area contributed by atoms with Gasteiger partial charge in [-0.15, -0.1) is 11.3 Å². The molecule has 0 saturated carbocycles. The second-order valence-electron chi connectivity index (χ2n) is 5.49. The zero-order chi connectivity index (χ0) is 16.4. The molecule has 1 aliphatic rings. The average Bonchev–Trinajstić information content (AvgIpc) is 3.15. The molecule has 3 rings (SSSR count). The molecule has 4 nitrogen and oxygen atoms in total. The molecule has 1 fully saturated rings. The highest BCUT2D eigenvalue weighted by Gasteiger charge is 2.25. The number of benzene rings is 1. The van der Waals surface area contributed by atoms with E-state index in [0.717, 1.165) is 36.5 Å². The van der Waals surface area contributed by atoms with Gasteiger partial charge in [0, 0.05) is 25.3 Å². The summed E-state index contributed by atoms with van der Waals surface area (Å²) in [6.45, 7) is 1.97. The lowest BCUT2D eigenvalue weighted by Gasteiger charge is -2.18. The maximum atomic E-state index is 13.0.